The molecule has 4 heteroatoms. The standard InChI is InChI=1S/C20H17ClO3/c1-14(20(22)24-3)19(16-7-9-17(21)10-8-16)13-6-15-4-11-18(23-2)12-5-15/h4-5,7-12,19H,1H2,2-3H3/t19-/m0/s1. The van der Waals surface area contributed by atoms with Crippen molar-refractivity contribution in [3.8, 4) is 17.6 Å². The van der Waals surface area contributed by atoms with E-state index in [1.165, 1.54) is 7.11 Å². The van der Waals surface area contributed by atoms with Crippen LogP contribution in [0.5, 0.6) is 5.75 Å². The zero-order valence-corrected chi connectivity index (χ0v) is 14.3. The van der Waals surface area contributed by atoms with Gasteiger partial charge >= 0.3 is 5.97 Å². The van der Waals surface area contributed by atoms with E-state index in [0.29, 0.717) is 5.02 Å². The molecule has 2 aromatic rings. The number of esters is 1. The number of carbonyl (C=O) groups excluding carboxylic acids is 1. The summed E-state index contributed by atoms with van der Waals surface area (Å²) in [6.07, 6.45) is 0. The average molecular weight is 341 g/mol. The van der Waals surface area contributed by atoms with Crippen LogP contribution in [0.25, 0.3) is 0 Å². The summed E-state index contributed by atoms with van der Waals surface area (Å²) >= 11 is 5.93. The predicted molar refractivity (Wildman–Crippen MR) is 95.2 cm³/mol. The number of halogens is 1. The van der Waals surface area contributed by atoms with E-state index in [0.717, 1.165) is 16.9 Å². The number of carbonyl (C=O) groups is 1. The predicted octanol–water partition coefficient (Wildman–Crippen LogP) is 4.21. The summed E-state index contributed by atoms with van der Waals surface area (Å²) in [4.78, 5) is 11.9. The topological polar surface area (TPSA) is 35.5 Å². The van der Waals surface area contributed by atoms with Gasteiger partial charge < -0.3 is 9.47 Å². The van der Waals surface area contributed by atoms with Gasteiger partial charge in [-0.05, 0) is 42.0 Å². The maximum Gasteiger partial charge on any atom is 0.334 e. The van der Waals surface area contributed by atoms with Crippen molar-refractivity contribution in [2.75, 3.05) is 14.2 Å². The van der Waals surface area contributed by atoms with Crippen molar-refractivity contribution in [2.24, 2.45) is 0 Å². The molecule has 0 aromatic heterocycles. The van der Waals surface area contributed by atoms with Crippen LogP contribution in [0.2, 0.25) is 5.02 Å². The number of methoxy groups -OCH3 is 2. The first-order chi connectivity index (χ1) is 11.5. The monoisotopic (exact) mass is 340 g/mol. The number of ether oxygens (including phenoxy) is 2. The van der Waals surface area contributed by atoms with Gasteiger partial charge in [-0.3, -0.25) is 0 Å². The van der Waals surface area contributed by atoms with Gasteiger partial charge in [0.25, 0.3) is 0 Å². The molecule has 0 saturated heterocycles. The molecule has 0 aliphatic carbocycles. The summed E-state index contributed by atoms with van der Waals surface area (Å²) in [6.45, 7) is 3.83. The lowest BCUT2D eigenvalue weighted by molar-refractivity contribution is -0.136. The van der Waals surface area contributed by atoms with E-state index in [1.807, 2.05) is 36.4 Å². The fourth-order valence-corrected chi connectivity index (χ4v) is 2.23. The van der Waals surface area contributed by atoms with Crippen molar-refractivity contribution in [3.63, 3.8) is 0 Å². The molecule has 0 bridgehead atoms. The van der Waals surface area contributed by atoms with Gasteiger partial charge in [0, 0.05) is 16.2 Å². The van der Waals surface area contributed by atoms with Gasteiger partial charge in [0.15, 0.2) is 0 Å². The van der Waals surface area contributed by atoms with Gasteiger partial charge in [0.05, 0.1) is 20.1 Å². The van der Waals surface area contributed by atoms with Crippen molar-refractivity contribution < 1.29 is 14.3 Å². The first-order valence-electron chi connectivity index (χ1n) is 7.23. The number of hydrogen-bond donors (Lipinski definition) is 0. The maximum atomic E-state index is 11.9. The average Bonchev–Trinajstić information content (AvgIpc) is 2.62. The normalized spacial score (nSPS) is 11.0. The second-order valence-corrected chi connectivity index (χ2v) is 5.44. The highest BCUT2D eigenvalue weighted by atomic mass is 35.5. The molecule has 2 aromatic carbocycles. The summed E-state index contributed by atoms with van der Waals surface area (Å²) in [7, 11) is 2.93. The second-order valence-electron chi connectivity index (χ2n) is 5.00. The summed E-state index contributed by atoms with van der Waals surface area (Å²) < 4.78 is 9.90. The Morgan fingerprint density at radius 3 is 2.25 bits per heavy atom. The SMILES string of the molecule is C=C(C(=O)OC)[C@H](C#Cc1ccc(OC)cc1)c1ccc(Cl)cc1. The zero-order chi connectivity index (χ0) is 17.5. The van der Waals surface area contributed by atoms with Gasteiger partial charge in [-0.1, -0.05) is 42.2 Å². The molecule has 0 heterocycles. The molecule has 1 atom stereocenters. The molecule has 24 heavy (non-hydrogen) atoms. The molecule has 3 nitrogen and oxygen atoms in total. The molecule has 0 amide bonds. The van der Waals surface area contributed by atoms with Crippen molar-refractivity contribution >= 4 is 17.6 Å². The van der Waals surface area contributed by atoms with Gasteiger partial charge in [-0.15, -0.1) is 0 Å². The second kappa shape index (κ2) is 8.24. The van der Waals surface area contributed by atoms with E-state index < -0.39 is 11.9 Å². The summed E-state index contributed by atoms with van der Waals surface area (Å²) in [6, 6.07) is 14.5. The largest absolute Gasteiger partial charge is 0.497 e. The lowest BCUT2D eigenvalue weighted by Gasteiger charge is -2.12. The highest BCUT2D eigenvalue weighted by Gasteiger charge is 2.19. The summed E-state index contributed by atoms with van der Waals surface area (Å²) in [5.74, 6) is 5.95. The van der Waals surface area contributed by atoms with Gasteiger partial charge in [-0.2, -0.15) is 0 Å². The third-order valence-electron chi connectivity index (χ3n) is 3.45. The van der Waals surface area contributed by atoms with E-state index in [9.17, 15) is 4.79 Å². The first kappa shape index (κ1) is 17.7. The van der Waals surface area contributed by atoms with E-state index in [1.54, 1.807) is 19.2 Å². The molecule has 0 radical (unpaired) electrons. The number of benzene rings is 2. The minimum atomic E-state index is -0.487. The molecule has 0 N–H and O–H groups in total. The molecule has 0 saturated carbocycles. The Morgan fingerprint density at radius 2 is 1.71 bits per heavy atom. The Kier molecular flexibility index (Phi) is 6.06. The van der Waals surface area contributed by atoms with Crippen LogP contribution in [0, 0.1) is 11.8 Å². The van der Waals surface area contributed by atoms with Crippen LogP contribution in [0.15, 0.2) is 60.7 Å². The van der Waals surface area contributed by atoms with Crippen molar-refractivity contribution in [1.29, 1.82) is 0 Å². The molecule has 122 valence electrons. The lowest BCUT2D eigenvalue weighted by Crippen LogP contribution is -2.11. The van der Waals surface area contributed by atoms with E-state index in [4.69, 9.17) is 21.1 Å². The Morgan fingerprint density at radius 1 is 1.08 bits per heavy atom. The quantitative estimate of drug-likeness (QED) is 0.475. The third kappa shape index (κ3) is 4.41. The Balaban J connectivity index is 2.35. The Hall–Kier alpha value is -2.70. The fraction of sp³-hybridized carbons (Fsp3) is 0.150. The first-order valence-corrected chi connectivity index (χ1v) is 7.61. The minimum absolute atomic E-state index is 0.279. The van der Waals surface area contributed by atoms with Crippen LogP contribution < -0.4 is 4.74 Å². The van der Waals surface area contributed by atoms with E-state index >= 15 is 0 Å². The maximum absolute atomic E-state index is 11.9. The van der Waals surface area contributed by atoms with Crippen molar-refractivity contribution in [2.45, 2.75) is 5.92 Å². The summed E-state index contributed by atoms with van der Waals surface area (Å²) in [5.41, 5.74) is 1.92. The molecular formula is C20H17ClO3. The molecule has 0 unspecified atom stereocenters. The van der Waals surface area contributed by atoms with E-state index in [2.05, 4.69) is 18.4 Å². The fourth-order valence-electron chi connectivity index (χ4n) is 2.11. The number of rotatable bonds is 4. The molecule has 0 fully saturated rings. The smallest absolute Gasteiger partial charge is 0.334 e. The minimum Gasteiger partial charge on any atom is -0.497 e. The van der Waals surface area contributed by atoms with Crippen LogP contribution in [0.3, 0.4) is 0 Å². The molecule has 0 spiro atoms. The molecule has 0 aliphatic rings. The summed E-state index contributed by atoms with van der Waals surface area (Å²) in [5, 5.41) is 0.615. The molecule has 2 rings (SSSR count). The Bertz CT molecular complexity index is 780. The van der Waals surface area contributed by atoms with Crippen LogP contribution in [0.1, 0.15) is 17.0 Å². The lowest BCUT2D eigenvalue weighted by atomic mass is 9.92. The zero-order valence-electron chi connectivity index (χ0n) is 13.5. The molecule has 0 aliphatic heterocycles. The van der Waals surface area contributed by atoms with Crippen LogP contribution in [-0.4, -0.2) is 20.2 Å². The highest BCUT2D eigenvalue weighted by molar-refractivity contribution is 6.30. The van der Waals surface area contributed by atoms with Gasteiger partial charge in [-0.25, -0.2) is 4.79 Å². The molecular weight excluding hydrogens is 324 g/mol. The van der Waals surface area contributed by atoms with Crippen LogP contribution in [0.4, 0.5) is 0 Å². The van der Waals surface area contributed by atoms with E-state index in [-0.39, 0.29) is 5.57 Å². The van der Waals surface area contributed by atoms with Crippen LogP contribution in [-0.2, 0) is 9.53 Å². The van der Waals surface area contributed by atoms with Gasteiger partial charge in [0.1, 0.15) is 5.75 Å². The van der Waals surface area contributed by atoms with Crippen molar-refractivity contribution in [1.82, 2.24) is 0 Å². The highest BCUT2D eigenvalue weighted by Crippen LogP contribution is 2.25. The number of hydrogen-bond acceptors (Lipinski definition) is 3. The van der Waals surface area contributed by atoms with Gasteiger partial charge in [0.2, 0.25) is 0 Å². The Labute approximate surface area is 146 Å². The van der Waals surface area contributed by atoms with Crippen molar-refractivity contribution in [3.05, 3.63) is 76.8 Å². The van der Waals surface area contributed by atoms with Crippen LogP contribution >= 0.6 is 11.6 Å². The third-order valence-corrected chi connectivity index (χ3v) is 3.70.